The maximum Gasteiger partial charge on any atom is 0.410 e. The van der Waals surface area contributed by atoms with Crippen molar-refractivity contribution in [1.29, 1.82) is 0 Å². The van der Waals surface area contributed by atoms with E-state index in [4.69, 9.17) is 9.47 Å². The lowest BCUT2D eigenvalue weighted by Crippen LogP contribution is -2.54. The van der Waals surface area contributed by atoms with Crippen LogP contribution in [0.25, 0.3) is 11.3 Å². The topological polar surface area (TPSA) is 148 Å². The predicted molar refractivity (Wildman–Crippen MR) is 131 cm³/mol. The number of carbonyl (C=O) groups excluding carboxylic acids is 5. The molecule has 2 aromatic rings. The summed E-state index contributed by atoms with van der Waals surface area (Å²) >= 11 is 0. The lowest BCUT2D eigenvalue weighted by Gasteiger charge is -2.27. The molecule has 0 aliphatic carbocycles. The fourth-order valence-electron chi connectivity index (χ4n) is 4.64. The normalized spacial score (nSPS) is 21.4. The van der Waals surface area contributed by atoms with Crippen molar-refractivity contribution in [1.82, 2.24) is 25.1 Å². The molecule has 2 fully saturated rings. The number of hydrogen-bond donors (Lipinski definition) is 1. The van der Waals surface area contributed by atoms with E-state index in [-0.39, 0.29) is 36.2 Å². The Hall–Kier alpha value is -4.35. The van der Waals surface area contributed by atoms with Crippen molar-refractivity contribution in [2.24, 2.45) is 0 Å². The van der Waals surface area contributed by atoms with Gasteiger partial charge < -0.3 is 14.4 Å². The molecule has 5 rings (SSSR count). The lowest BCUT2D eigenvalue weighted by atomic mass is 10.0. The summed E-state index contributed by atoms with van der Waals surface area (Å²) < 4.78 is 11.3. The van der Waals surface area contributed by atoms with Gasteiger partial charge in [-0.2, -0.15) is 0 Å². The number of likely N-dealkylation sites (tertiary alicyclic amines) is 1. The maximum atomic E-state index is 13.1. The molecule has 0 bridgehead atoms. The fourth-order valence-corrected chi connectivity index (χ4v) is 4.64. The Bertz CT molecular complexity index is 1330. The summed E-state index contributed by atoms with van der Waals surface area (Å²) in [5, 5.41) is 2.18. The van der Waals surface area contributed by atoms with Crippen LogP contribution in [0.2, 0.25) is 0 Å². The number of carbonyl (C=O) groups is 5. The smallest absolute Gasteiger partial charge is 0.410 e. The van der Waals surface area contributed by atoms with Crippen molar-refractivity contribution < 1.29 is 33.4 Å². The molecule has 1 aromatic heterocycles. The van der Waals surface area contributed by atoms with Crippen LogP contribution < -0.4 is 10.1 Å². The standard InChI is InChI=1S/C26H27N5O7/c1-26(2,3)38-25(36)30-9-8-15(13-30)37-21-12-27-18(11-28-21)14-4-5-16-17(10-14)24(35)31(23(16)34)19-6-7-20(32)29-22(19)33/h4-5,10-12,15,19H,6-9,13H2,1-3H3,(H,29,32,33)/t15-,19?/m1/s1. The Balaban J connectivity index is 1.25. The number of aromatic nitrogens is 2. The van der Waals surface area contributed by atoms with Crippen molar-refractivity contribution in [3.05, 3.63) is 41.7 Å². The molecule has 0 saturated carbocycles. The van der Waals surface area contributed by atoms with Gasteiger partial charge >= 0.3 is 6.09 Å². The van der Waals surface area contributed by atoms with E-state index in [0.717, 1.165) is 4.90 Å². The first kappa shape index (κ1) is 25.3. The largest absolute Gasteiger partial charge is 0.471 e. The monoisotopic (exact) mass is 521 g/mol. The highest BCUT2D eigenvalue weighted by Gasteiger charge is 2.44. The number of benzene rings is 1. The molecule has 2 saturated heterocycles. The van der Waals surface area contributed by atoms with E-state index in [9.17, 15) is 24.0 Å². The van der Waals surface area contributed by atoms with E-state index in [2.05, 4.69) is 15.3 Å². The minimum Gasteiger partial charge on any atom is -0.471 e. The van der Waals surface area contributed by atoms with Crippen LogP contribution >= 0.6 is 0 Å². The van der Waals surface area contributed by atoms with E-state index in [0.29, 0.717) is 36.6 Å². The van der Waals surface area contributed by atoms with Crippen LogP contribution in [0, 0.1) is 0 Å². The fraction of sp³-hybridized carbons (Fsp3) is 0.423. The highest BCUT2D eigenvalue weighted by molar-refractivity contribution is 6.23. The van der Waals surface area contributed by atoms with Gasteiger partial charge in [-0.15, -0.1) is 0 Å². The zero-order chi connectivity index (χ0) is 27.2. The number of rotatable bonds is 4. The zero-order valence-corrected chi connectivity index (χ0v) is 21.2. The van der Waals surface area contributed by atoms with Gasteiger partial charge in [0.2, 0.25) is 17.7 Å². The third-order valence-electron chi connectivity index (χ3n) is 6.45. The Kier molecular flexibility index (Phi) is 6.33. The molecule has 12 heteroatoms. The van der Waals surface area contributed by atoms with Crippen LogP contribution in [0.4, 0.5) is 4.79 Å². The number of amides is 5. The Morgan fingerprint density at radius 3 is 2.47 bits per heavy atom. The van der Waals surface area contributed by atoms with Gasteiger partial charge in [0.15, 0.2) is 0 Å². The molecule has 5 amide bonds. The summed E-state index contributed by atoms with van der Waals surface area (Å²) in [6.07, 6.45) is 3.10. The maximum absolute atomic E-state index is 13.1. The highest BCUT2D eigenvalue weighted by Crippen LogP contribution is 2.31. The van der Waals surface area contributed by atoms with Gasteiger partial charge in [-0.05, 0) is 39.3 Å². The number of imide groups is 2. The third kappa shape index (κ3) is 4.93. The van der Waals surface area contributed by atoms with Crippen molar-refractivity contribution in [2.45, 2.75) is 57.8 Å². The summed E-state index contributed by atoms with van der Waals surface area (Å²) in [7, 11) is 0. The Morgan fingerprint density at radius 2 is 1.79 bits per heavy atom. The summed E-state index contributed by atoms with van der Waals surface area (Å²) in [6, 6.07) is 3.69. The Labute approximate surface area is 218 Å². The Morgan fingerprint density at radius 1 is 1.03 bits per heavy atom. The summed E-state index contributed by atoms with van der Waals surface area (Å²) in [6.45, 7) is 6.34. The third-order valence-corrected chi connectivity index (χ3v) is 6.45. The molecule has 1 N–H and O–H groups in total. The summed E-state index contributed by atoms with van der Waals surface area (Å²) in [4.78, 5) is 73.1. The van der Waals surface area contributed by atoms with E-state index < -0.39 is 35.3 Å². The molecule has 3 aliphatic heterocycles. The van der Waals surface area contributed by atoms with Gasteiger partial charge in [0.25, 0.3) is 11.8 Å². The first-order chi connectivity index (χ1) is 18.0. The van der Waals surface area contributed by atoms with E-state index in [1.807, 2.05) is 20.8 Å². The summed E-state index contributed by atoms with van der Waals surface area (Å²) in [5.41, 5.74) is 0.795. The average molecular weight is 522 g/mol. The first-order valence-electron chi connectivity index (χ1n) is 12.3. The van der Waals surface area contributed by atoms with E-state index >= 15 is 0 Å². The molecule has 4 heterocycles. The van der Waals surface area contributed by atoms with Crippen molar-refractivity contribution in [2.75, 3.05) is 13.1 Å². The number of nitrogens with zero attached hydrogens (tertiary/aromatic N) is 4. The van der Waals surface area contributed by atoms with Gasteiger partial charge in [0.1, 0.15) is 17.7 Å². The van der Waals surface area contributed by atoms with Gasteiger partial charge in [-0.1, -0.05) is 6.07 Å². The molecule has 3 aliphatic rings. The van der Waals surface area contributed by atoms with Crippen LogP contribution in [0.15, 0.2) is 30.6 Å². The number of ether oxygens (including phenoxy) is 2. The highest BCUT2D eigenvalue weighted by atomic mass is 16.6. The quantitative estimate of drug-likeness (QED) is 0.596. The number of piperidine rings is 1. The van der Waals surface area contributed by atoms with Gasteiger partial charge in [0, 0.05) is 24.9 Å². The van der Waals surface area contributed by atoms with Crippen LogP contribution in [0.1, 0.15) is 60.7 Å². The van der Waals surface area contributed by atoms with Crippen molar-refractivity contribution in [3.8, 4) is 17.1 Å². The molecular weight excluding hydrogens is 494 g/mol. The second-order valence-electron chi connectivity index (χ2n) is 10.4. The minimum absolute atomic E-state index is 0.0545. The SMILES string of the molecule is CC(C)(C)OC(=O)N1CC[C@@H](Oc2cnc(-c3ccc4c(c3)C(=O)N(C3CCC(=O)NC3=O)C4=O)cn2)C1. The van der Waals surface area contributed by atoms with Crippen LogP contribution in [-0.2, 0) is 14.3 Å². The number of hydrogen-bond acceptors (Lipinski definition) is 9. The molecule has 198 valence electrons. The predicted octanol–water partition coefficient (Wildman–Crippen LogP) is 1.93. The number of nitrogens with one attached hydrogen (secondary N) is 1. The zero-order valence-electron chi connectivity index (χ0n) is 21.2. The van der Waals surface area contributed by atoms with Gasteiger partial charge in [-0.25, -0.2) is 14.8 Å². The molecule has 1 aromatic carbocycles. The first-order valence-corrected chi connectivity index (χ1v) is 12.3. The second kappa shape index (κ2) is 9.51. The van der Waals surface area contributed by atoms with Crippen LogP contribution in [0.5, 0.6) is 5.88 Å². The molecule has 0 radical (unpaired) electrons. The summed E-state index contributed by atoms with van der Waals surface area (Å²) in [5.74, 6) is -1.96. The number of fused-ring (bicyclic) bond motifs is 1. The lowest BCUT2D eigenvalue weighted by molar-refractivity contribution is -0.136. The molecule has 2 atom stereocenters. The molecule has 0 spiro atoms. The molecule has 12 nitrogen and oxygen atoms in total. The van der Waals surface area contributed by atoms with Crippen LogP contribution in [-0.4, -0.2) is 80.3 Å². The van der Waals surface area contributed by atoms with E-state index in [1.54, 1.807) is 17.0 Å². The van der Waals surface area contributed by atoms with E-state index in [1.165, 1.54) is 18.5 Å². The van der Waals surface area contributed by atoms with Crippen molar-refractivity contribution in [3.63, 3.8) is 0 Å². The van der Waals surface area contributed by atoms with Gasteiger partial charge in [0.05, 0.1) is 35.8 Å². The minimum atomic E-state index is -1.03. The van der Waals surface area contributed by atoms with Crippen LogP contribution in [0.3, 0.4) is 0 Å². The van der Waals surface area contributed by atoms with Gasteiger partial charge in [-0.3, -0.25) is 29.4 Å². The molecule has 1 unspecified atom stereocenters. The molecule has 38 heavy (non-hydrogen) atoms. The molecular formula is C26H27N5O7. The average Bonchev–Trinajstić information content (AvgIpc) is 3.42. The van der Waals surface area contributed by atoms with Crippen molar-refractivity contribution >= 4 is 29.7 Å². The second-order valence-corrected chi connectivity index (χ2v) is 10.4.